The molecule has 0 bridgehead atoms. The fraction of sp³-hybridized carbons (Fsp3) is 0.385. The van der Waals surface area contributed by atoms with E-state index in [1.54, 1.807) is 25.1 Å². The van der Waals surface area contributed by atoms with Gasteiger partial charge in [-0.3, -0.25) is 4.79 Å². The van der Waals surface area contributed by atoms with Gasteiger partial charge in [0.05, 0.1) is 32.3 Å². The number of amides is 1. The lowest BCUT2D eigenvalue weighted by Gasteiger charge is -2.13. The van der Waals surface area contributed by atoms with Crippen LogP contribution in [-0.4, -0.2) is 26.2 Å². The van der Waals surface area contributed by atoms with Gasteiger partial charge < -0.3 is 14.8 Å². The Morgan fingerprint density at radius 3 is 2.72 bits per heavy atom. The van der Waals surface area contributed by atoms with Gasteiger partial charge in [-0.2, -0.15) is 5.26 Å². The molecule has 1 unspecified atom stereocenters. The Kier molecular flexibility index (Phi) is 5.00. The van der Waals surface area contributed by atoms with Crippen molar-refractivity contribution in [2.75, 3.05) is 14.2 Å². The predicted molar refractivity (Wildman–Crippen MR) is 66.7 cm³/mol. The van der Waals surface area contributed by atoms with E-state index in [0.29, 0.717) is 17.1 Å². The van der Waals surface area contributed by atoms with Crippen LogP contribution in [0.15, 0.2) is 18.2 Å². The Morgan fingerprint density at radius 2 is 2.17 bits per heavy atom. The Hall–Kier alpha value is -2.22. The van der Waals surface area contributed by atoms with Crippen molar-refractivity contribution in [3.05, 3.63) is 23.8 Å². The van der Waals surface area contributed by atoms with Gasteiger partial charge in [0.25, 0.3) is 5.91 Å². The van der Waals surface area contributed by atoms with Crippen LogP contribution in [0, 0.1) is 11.3 Å². The van der Waals surface area contributed by atoms with Crippen molar-refractivity contribution in [2.24, 2.45) is 0 Å². The van der Waals surface area contributed by atoms with Crippen molar-refractivity contribution in [2.45, 2.75) is 19.4 Å². The van der Waals surface area contributed by atoms with E-state index < -0.39 is 0 Å². The fourth-order valence-electron chi connectivity index (χ4n) is 1.48. The van der Waals surface area contributed by atoms with E-state index in [1.807, 2.05) is 6.07 Å². The number of carbonyl (C=O) groups excluding carboxylic acids is 1. The highest BCUT2D eigenvalue weighted by atomic mass is 16.5. The molecule has 1 N–H and O–H groups in total. The fourth-order valence-corrected chi connectivity index (χ4v) is 1.48. The van der Waals surface area contributed by atoms with Crippen molar-refractivity contribution in [1.29, 1.82) is 5.26 Å². The molecule has 96 valence electrons. The molecule has 0 spiro atoms. The molecule has 0 fully saturated rings. The number of hydrogen-bond acceptors (Lipinski definition) is 4. The highest BCUT2D eigenvalue weighted by Crippen LogP contribution is 2.23. The van der Waals surface area contributed by atoms with E-state index >= 15 is 0 Å². The quantitative estimate of drug-likeness (QED) is 0.861. The number of methoxy groups -OCH3 is 2. The molecule has 0 aliphatic rings. The van der Waals surface area contributed by atoms with Crippen LogP contribution in [0.25, 0.3) is 0 Å². The Bertz CT molecular complexity index is 466. The molecule has 0 aliphatic carbocycles. The minimum absolute atomic E-state index is 0.210. The van der Waals surface area contributed by atoms with Gasteiger partial charge in [0, 0.05) is 6.04 Å². The third kappa shape index (κ3) is 3.39. The van der Waals surface area contributed by atoms with Gasteiger partial charge in [-0.25, -0.2) is 0 Å². The zero-order valence-corrected chi connectivity index (χ0v) is 10.7. The Balaban J connectivity index is 2.93. The Morgan fingerprint density at radius 1 is 1.44 bits per heavy atom. The second-order valence-electron chi connectivity index (χ2n) is 3.80. The molecule has 1 amide bonds. The smallest absolute Gasteiger partial charge is 0.255 e. The predicted octanol–water partition coefficient (Wildman–Crippen LogP) is 1.74. The average Bonchev–Trinajstić information content (AvgIpc) is 2.38. The molecule has 0 aliphatic heterocycles. The molecule has 5 nitrogen and oxygen atoms in total. The summed E-state index contributed by atoms with van der Waals surface area (Å²) in [7, 11) is 3.03. The minimum atomic E-state index is -0.284. The third-order valence-corrected chi connectivity index (χ3v) is 2.43. The van der Waals surface area contributed by atoms with Crippen LogP contribution in [0.4, 0.5) is 0 Å². The third-order valence-electron chi connectivity index (χ3n) is 2.43. The highest BCUT2D eigenvalue weighted by molar-refractivity contribution is 5.97. The van der Waals surface area contributed by atoms with E-state index in [1.165, 1.54) is 14.2 Å². The van der Waals surface area contributed by atoms with Crippen molar-refractivity contribution >= 4 is 5.91 Å². The van der Waals surface area contributed by atoms with Crippen molar-refractivity contribution in [3.63, 3.8) is 0 Å². The zero-order chi connectivity index (χ0) is 13.5. The maximum atomic E-state index is 12.0. The normalized spacial score (nSPS) is 11.2. The van der Waals surface area contributed by atoms with Gasteiger partial charge in [0.15, 0.2) is 0 Å². The Labute approximate surface area is 106 Å². The van der Waals surface area contributed by atoms with Crippen LogP contribution >= 0.6 is 0 Å². The molecule has 18 heavy (non-hydrogen) atoms. The summed E-state index contributed by atoms with van der Waals surface area (Å²) in [4.78, 5) is 12.0. The van der Waals surface area contributed by atoms with E-state index in [9.17, 15) is 4.79 Å². The van der Waals surface area contributed by atoms with E-state index in [2.05, 4.69) is 5.32 Å². The monoisotopic (exact) mass is 248 g/mol. The molecule has 0 heterocycles. The minimum Gasteiger partial charge on any atom is -0.497 e. The van der Waals surface area contributed by atoms with Gasteiger partial charge >= 0.3 is 0 Å². The number of carbonyl (C=O) groups is 1. The topological polar surface area (TPSA) is 71.3 Å². The number of benzene rings is 1. The van der Waals surface area contributed by atoms with Crippen LogP contribution in [0.5, 0.6) is 11.5 Å². The molecule has 5 heteroatoms. The van der Waals surface area contributed by atoms with E-state index in [0.717, 1.165) is 0 Å². The average molecular weight is 248 g/mol. The summed E-state index contributed by atoms with van der Waals surface area (Å²) in [5.41, 5.74) is 0.390. The second kappa shape index (κ2) is 6.50. The standard InChI is InChI=1S/C13H16N2O3/c1-9(6-7-14)15-13(16)11-8-10(17-2)4-5-12(11)18-3/h4-5,8-9H,6H2,1-3H3,(H,15,16). The SMILES string of the molecule is COc1ccc(OC)c(C(=O)NC(C)CC#N)c1. The van der Waals surface area contributed by atoms with Crippen molar-refractivity contribution in [3.8, 4) is 17.6 Å². The first-order chi connectivity index (χ1) is 8.62. The first-order valence-electron chi connectivity index (χ1n) is 5.52. The number of rotatable bonds is 5. The molecular formula is C13H16N2O3. The molecule has 0 radical (unpaired) electrons. The van der Waals surface area contributed by atoms with Gasteiger partial charge in [-0.05, 0) is 25.1 Å². The van der Waals surface area contributed by atoms with Gasteiger partial charge in [0.2, 0.25) is 0 Å². The molecule has 1 aromatic carbocycles. The van der Waals surface area contributed by atoms with Crippen LogP contribution in [0.1, 0.15) is 23.7 Å². The largest absolute Gasteiger partial charge is 0.497 e. The summed E-state index contributed by atoms with van der Waals surface area (Å²) in [6.07, 6.45) is 0.262. The summed E-state index contributed by atoms with van der Waals surface area (Å²) < 4.78 is 10.2. The van der Waals surface area contributed by atoms with Gasteiger partial charge in [0.1, 0.15) is 11.5 Å². The second-order valence-corrected chi connectivity index (χ2v) is 3.80. The van der Waals surface area contributed by atoms with E-state index in [-0.39, 0.29) is 18.4 Å². The summed E-state index contributed by atoms with van der Waals surface area (Å²) in [6.45, 7) is 1.77. The lowest BCUT2D eigenvalue weighted by Crippen LogP contribution is -2.32. The first-order valence-corrected chi connectivity index (χ1v) is 5.52. The lowest BCUT2D eigenvalue weighted by atomic mass is 10.1. The van der Waals surface area contributed by atoms with Crippen LogP contribution in [0.3, 0.4) is 0 Å². The molecule has 1 aromatic rings. The van der Waals surface area contributed by atoms with Gasteiger partial charge in [-0.15, -0.1) is 0 Å². The van der Waals surface area contributed by atoms with Crippen LogP contribution in [0.2, 0.25) is 0 Å². The summed E-state index contributed by atoms with van der Waals surface area (Å²) in [6, 6.07) is 6.79. The number of nitrogens with zero attached hydrogens (tertiary/aromatic N) is 1. The number of hydrogen-bond donors (Lipinski definition) is 1. The number of ether oxygens (including phenoxy) is 2. The lowest BCUT2D eigenvalue weighted by molar-refractivity contribution is 0.0937. The number of nitrogens with one attached hydrogen (secondary N) is 1. The highest BCUT2D eigenvalue weighted by Gasteiger charge is 2.15. The molecule has 1 atom stereocenters. The van der Waals surface area contributed by atoms with Crippen LogP contribution < -0.4 is 14.8 Å². The van der Waals surface area contributed by atoms with Crippen LogP contribution in [-0.2, 0) is 0 Å². The zero-order valence-electron chi connectivity index (χ0n) is 10.7. The molecule has 1 rings (SSSR count). The van der Waals surface area contributed by atoms with E-state index in [4.69, 9.17) is 14.7 Å². The maximum Gasteiger partial charge on any atom is 0.255 e. The molecule has 0 saturated heterocycles. The first kappa shape index (κ1) is 13.8. The summed E-state index contributed by atoms with van der Waals surface area (Å²) in [5, 5.41) is 11.3. The van der Waals surface area contributed by atoms with Crippen molar-refractivity contribution in [1.82, 2.24) is 5.32 Å². The molecule has 0 saturated carbocycles. The number of nitriles is 1. The molecule has 0 aromatic heterocycles. The summed E-state index contributed by atoms with van der Waals surface area (Å²) in [5.74, 6) is 0.764. The summed E-state index contributed by atoms with van der Waals surface area (Å²) >= 11 is 0. The molecular weight excluding hydrogens is 232 g/mol. The van der Waals surface area contributed by atoms with Gasteiger partial charge in [-0.1, -0.05) is 0 Å². The van der Waals surface area contributed by atoms with Crippen molar-refractivity contribution < 1.29 is 14.3 Å². The maximum absolute atomic E-state index is 12.0.